The minimum atomic E-state index is -0.782. The normalized spacial score (nSPS) is 11.9. The van der Waals surface area contributed by atoms with Gasteiger partial charge in [0.1, 0.15) is 11.9 Å². The summed E-state index contributed by atoms with van der Waals surface area (Å²) in [7, 11) is 0. The van der Waals surface area contributed by atoms with Crippen molar-refractivity contribution < 1.29 is 14.0 Å². The molecule has 0 aliphatic heterocycles. The Balaban J connectivity index is 2.16. The lowest BCUT2D eigenvalue weighted by atomic mass is 10.0. The van der Waals surface area contributed by atoms with Gasteiger partial charge in [-0.05, 0) is 48.7 Å². The molecule has 0 aliphatic rings. The van der Waals surface area contributed by atoms with Gasteiger partial charge < -0.3 is 10.6 Å². The predicted octanol–water partition coefficient (Wildman–Crippen LogP) is 4.29. The second kappa shape index (κ2) is 8.25. The number of hydrogen-bond donors (Lipinski definition) is 2. The van der Waals surface area contributed by atoms with Crippen LogP contribution >= 0.6 is 15.9 Å². The molecule has 0 fully saturated rings. The lowest BCUT2D eigenvalue weighted by molar-refractivity contribution is -0.118. The van der Waals surface area contributed by atoms with Gasteiger partial charge >= 0.3 is 0 Å². The van der Waals surface area contributed by atoms with E-state index >= 15 is 0 Å². The fourth-order valence-electron chi connectivity index (χ4n) is 2.38. The van der Waals surface area contributed by atoms with E-state index in [-0.39, 0.29) is 17.4 Å². The van der Waals surface area contributed by atoms with Gasteiger partial charge in [-0.25, -0.2) is 4.39 Å². The van der Waals surface area contributed by atoms with Crippen LogP contribution in [0, 0.1) is 18.7 Å². The average molecular weight is 407 g/mol. The Kier molecular flexibility index (Phi) is 6.31. The van der Waals surface area contributed by atoms with Crippen molar-refractivity contribution in [2.45, 2.75) is 26.8 Å². The van der Waals surface area contributed by atoms with Gasteiger partial charge in [-0.15, -0.1) is 0 Å². The molecular weight excluding hydrogens is 387 g/mol. The van der Waals surface area contributed by atoms with E-state index in [2.05, 4.69) is 26.6 Å². The van der Waals surface area contributed by atoms with E-state index in [1.807, 2.05) is 32.9 Å². The fourth-order valence-corrected chi connectivity index (χ4v) is 2.85. The number of halogens is 2. The van der Waals surface area contributed by atoms with Gasteiger partial charge in [0.15, 0.2) is 0 Å². The molecule has 6 heteroatoms. The molecule has 2 N–H and O–H groups in total. The Morgan fingerprint density at radius 1 is 1.12 bits per heavy atom. The molecule has 0 aliphatic carbocycles. The first-order valence-corrected chi connectivity index (χ1v) is 8.71. The van der Waals surface area contributed by atoms with Crippen LogP contribution in [0.3, 0.4) is 0 Å². The molecule has 0 heterocycles. The Hall–Kier alpha value is -2.21. The number of hydrogen-bond acceptors (Lipinski definition) is 2. The quantitative estimate of drug-likeness (QED) is 0.777. The van der Waals surface area contributed by atoms with Gasteiger partial charge in [-0.3, -0.25) is 9.59 Å². The number of carbonyl (C=O) groups is 2. The lowest BCUT2D eigenvalue weighted by Gasteiger charge is -2.22. The maximum atomic E-state index is 13.8. The standard InChI is InChI=1S/C19H20BrFN2O2/c1-11(2)17(23-18(24)14-6-4-5-7-15(14)21)19(25)22-16-9-8-13(20)10-12(16)3/h4-11,17H,1-3H3,(H,22,25)(H,23,24)/t17-/m0/s1. The van der Waals surface area contributed by atoms with Crippen LogP contribution in [0.4, 0.5) is 10.1 Å². The Bertz CT molecular complexity index is 793. The van der Waals surface area contributed by atoms with E-state index in [4.69, 9.17) is 0 Å². The molecule has 0 bridgehead atoms. The van der Waals surface area contributed by atoms with Crippen LogP contribution in [0.5, 0.6) is 0 Å². The second-order valence-electron chi connectivity index (χ2n) is 6.12. The first kappa shape index (κ1) is 19.1. The van der Waals surface area contributed by atoms with Crippen LogP contribution in [0.15, 0.2) is 46.9 Å². The molecule has 2 aromatic carbocycles. The highest BCUT2D eigenvalue weighted by Gasteiger charge is 2.26. The van der Waals surface area contributed by atoms with Gasteiger partial charge in [0, 0.05) is 10.2 Å². The van der Waals surface area contributed by atoms with Crippen LogP contribution in [0.1, 0.15) is 29.8 Å². The number of nitrogens with one attached hydrogen (secondary N) is 2. The molecule has 0 saturated carbocycles. The summed E-state index contributed by atoms with van der Waals surface area (Å²) >= 11 is 3.37. The predicted molar refractivity (Wildman–Crippen MR) is 100 cm³/mol. The van der Waals surface area contributed by atoms with Crippen molar-refractivity contribution >= 4 is 33.4 Å². The van der Waals surface area contributed by atoms with Crippen molar-refractivity contribution in [3.63, 3.8) is 0 Å². The largest absolute Gasteiger partial charge is 0.340 e. The zero-order valence-electron chi connectivity index (χ0n) is 14.3. The van der Waals surface area contributed by atoms with Gasteiger partial charge in [0.25, 0.3) is 5.91 Å². The number of carbonyl (C=O) groups excluding carboxylic acids is 2. The molecule has 132 valence electrons. The first-order chi connectivity index (χ1) is 11.8. The van der Waals surface area contributed by atoms with Crippen molar-refractivity contribution in [2.75, 3.05) is 5.32 Å². The molecule has 0 radical (unpaired) electrons. The number of amides is 2. The van der Waals surface area contributed by atoms with Crippen molar-refractivity contribution in [2.24, 2.45) is 5.92 Å². The molecule has 0 spiro atoms. The highest BCUT2D eigenvalue weighted by Crippen LogP contribution is 2.20. The summed E-state index contributed by atoms with van der Waals surface area (Å²) in [6, 6.07) is 10.4. The fraction of sp³-hybridized carbons (Fsp3) is 0.263. The molecule has 0 saturated heterocycles. The maximum absolute atomic E-state index is 13.8. The lowest BCUT2D eigenvalue weighted by Crippen LogP contribution is -2.47. The van der Waals surface area contributed by atoms with E-state index < -0.39 is 17.8 Å². The SMILES string of the molecule is Cc1cc(Br)ccc1NC(=O)[C@@H](NC(=O)c1ccccc1F)C(C)C. The minimum Gasteiger partial charge on any atom is -0.340 e. The number of anilines is 1. The number of aryl methyl sites for hydroxylation is 1. The maximum Gasteiger partial charge on any atom is 0.254 e. The Morgan fingerprint density at radius 2 is 1.80 bits per heavy atom. The Labute approximate surface area is 154 Å². The molecule has 2 aromatic rings. The van der Waals surface area contributed by atoms with E-state index in [9.17, 15) is 14.0 Å². The summed E-state index contributed by atoms with van der Waals surface area (Å²) in [5, 5.41) is 5.45. The molecule has 2 rings (SSSR count). The Morgan fingerprint density at radius 3 is 2.40 bits per heavy atom. The van der Waals surface area contributed by atoms with E-state index in [1.165, 1.54) is 18.2 Å². The number of rotatable bonds is 5. The molecule has 25 heavy (non-hydrogen) atoms. The number of benzene rings is 2. The van der Waals surface area contributed by atoms with Crippen LogP contribution in [-0.4, -0.2) is 17.9 Å². The topological polar surface area (TPSA) is 58.2 Å². The molecule has 0 aromatic heterocycles. The third kappa shape index (κ3) is 4.89. The van der Waals surface area contributed by atoms with Gasteiger partial charge in [0.2, 0.25) is 5.91 Å². The highest BCUT2D eigenvalue weighted by atomic mass is 79.9. The van der Waals surface area contributed by atoms with Gasteiger partial charge in [-0.1, -0.05) is 41.9 Å². The van der Waals surface area contributed by atoms with E-state index in [0.717, 1.165) is 10.0 Å². The summed E-state index contributed by atoms with van der Waals surface area (Å²) < 4.78 is 14.7. The third-order valence-corrected chi connectivity index (χ3v) is 4.29. The summed E-state index contributed by atoms with van der Waals surface area (Å²) in [6.45, 7) is 5.52. The van der Waals surface area contributed by atoms with Crippen molar-refractivity contribution in [3.8, 4) is 0 Å². The molecule has 1 atom stereocenters. The smallest absolute Gasteiger partial charge is 0.254 e. The zero-order valence-corrected chi connectivity index (χ0v) is 15.9. The minimum absolute atomic E-state index is 0.0826. The van der Waals surface area contributed by atoms with Crippen LogP contribution in [0.2, 0.25) is 0 Å². The molecule has 4 nitrogen and oxygen atoms in total. The molecular formula is C19H20BrFN2O2. The average Bonchev–Trinajstić information content (AvgIpc) is 2.55. The highest BCUT2D eigenvalue weighted by molar-refractivity contribution is 9.10. The van der Waals surface area contributed by atoms with Crippen LogP contribution in [0.25, 0.3) is 0 Å². The second-order valence-corrected chi connectivity index (χ2v) is 7.04. The van der Waals surface area contributed by atoms with Gasteiger partial charge in [0.05, 0.1) is 5.56 Å². The first-order valence-electron chi connectivity index (χ1n) is 7.92. The summed E-state index contributed by atoms with van der Waals surface area (Å²) in [6.07, 6.45) is 0. The van der Waals surface area contributed by atoms with Gasteiger partial charge in [-0.2, -0.15) is 0 Å². The summed E-state index contributed by atoms with van der Waals surface area (Å²) in [4.78, 5) is 24.9. The van der Waals surface area contributed by atoms with Crippen molar-refractivity contribution in [3.05, 3.63) is 63.9 Å². The monoisotopic (exact) mass is 406 g/mol. The molecule has 2 amide bonds. The van der Waals surface area contributed by atoms with Crippen LogP contribution < -0.4 is 10.6 Å². The van der Waals surface area contributed by atoms with Crippen molar-refractivity contribution in [1.82, 2.24) is 5.32 Å². The summed E-state index contributed by atoms with van der Waals surface area (Å²) in [5.74, 6) is -1.73. The third-order valence-electron chi connectivity index (χ3n) is 3.80. The molecule has 0 unspecified atom stereocenters. The van der Waals surface area contributed by atoms with E-state index in [0.29, 0.717) is 5.69 Å². The zero-order chi connectivity index (χ0) is 18.6. The van der Waals surface area contributed by atoms with Crippen LogP contribution in [-0.2, 0) is 4.79 Å². The van der Waals surface area contributed by atoms with E-state index in [1.54, 1.807) is 12.1 Å². The van der Waals surface area contributed by atoms with Crippen molar-refractivity contribution in [1.29, 1.82) is 0 Å². The summed E-state index contributed by atoms with van der Waals surface area (Å²) in [5.41, 5.74) is 1.48.